The van der Waals surface area contributed by atoms with Gasteiger partial charge in [0.15, 0.2) is 0 Å². The number of rotatable bonds is 16. The van der Waals surface area contributed by atoms with Crippen molar-refractivity contribution in [1.29, 1.82) is 0 Å². The molecule has 258 valence electrons. The van der Waals surface area contributed by atoms with Gasteiger partial charge in [-0.25, -0.2) is 9.59 Å². The molecule has 2 aromatic carbocycles. The number of benzene rings is 2. The molecule has 0 aliphatic carbocycles. The molecule has 0 unspecified atom stereocenters. The molecule has 0 aliphatic rings. The Bertz CT molecular complexity index is 1580. The second-order valence-electron chi connectivity index (χ2n) is 12.4. The van der Waals surface area contributed by atoms with E-state index in [-0.39, 0.29) is 25.5 Å². The summed E-state index contributed by atoms with van der Waals surface area (Å²) in [6.45, 7) is 4.02. The van der Waals surface area contributed by atoms with Crippen molar-refractivity contribution in [3.63, 3.8) is 0 Å². The minimum atomic E-state index is -1.06. The summed E-state index contributed by atoms with van der Waals surface area (Å²) in [5, 5.41) is 20.5. The highest BCUT2D eigenvalue weighted by Crippen LogP contribution is 2.16. The van der Waals surface area contributed by atoms with Crippen LogP contribution in [-0.2, 0) is 35.5 Å². The Kier molecular flexibility index (Phi) is 14.1. The molecular weight excluding hydrogens is 620 g/mol. The maximum Gasteiger partial charge on any atom is 0.407 e. The molecule has 4 N–H and O–H groups in total. The molecule has 0 aliphatic heterocycles. The van der Waals surface area contributed by atoms with Gasteiger partial charge in [0, 0.05) is 37.2 Å². The number of aromatic nitrogens is 2. The predicted molar refractivity (Wildman–Crippen MR) is 187 cm³/mol. The van der Waals surface area contributed by atoms with Crippen LogP contribution in [0.4, 0.5) is 9.59 Å². The van der Waals surface area contributed by atoms with Crippen LogP contribution in [0.1, 0.15) is 42.7 Å². The lowest BCUT2D eigenvalue weighted by Crippen LogP contribution is -2.57. The zero-order valence-electron chi connectivity index (χ0n) is 28.2. The van der Waals surface area contributed by atoms with E-state index in [2.05, 4.69) is 25.9 Å². The summed E-state index contributed by atoms with van der Waals surface area (Å²) in [6.07, 6.45) is 4.13. The highest BCUT2D eigenvalue weighted by atomic mass is 16.5. The molecule has 11 heteroatoms. The number of amides is 4. The van der Waals surface area contributed by atoms with Gasteiger partial charge in [0.05, 0.1) is 24.4 Å². The average molecular weight is 667 g/mol. The number of hydrogen-bond acceptors (Lipinski definition) is 7. The number of alkyl carbamates (subject to hydrolysis) is 1. The summed E-state index contributed by atoms with van der Waals surface area (Å²) in [4.78, 5) is 49.7. The Balaban J connectivity index is 1.48. The minimum Gasteiger partial charge on any atom is -0.445 e. The number of aliphatic hydroxyl groups excluding tert-OH is 1. The summed E-state index contributed by atoms with van der Waals surface area (Å²) >= 11 is 0. The van der Waals surface area contributed by atoms with E-state index in [4.69, 9.17) is 4.74 Å². The van der Waals surface area contributed by atoms with E-state index in [0.29, 0.717) is 12.8 Å². The monoisotopic (exact) mass is 666 g/mol. The molecule has 0 spiro atoms. The van der Waals surface area contributed by atoms with Crippen LogP contribution in [0.3, 0.4) is 0 Å². The van der Waals surface area contributed by atoms with Gasteiger partial charge in [-0.1, -0.05) is 86.6 Å². The van der Waals surface area contributed by atoms with Crippen molar-refractivity contribution >= 4 is 18.0 Å². The SMILES string of the molecule is CC(C)[C@H](NC(=O)N(C)Cc1ccccn1)C(=O)N[C@@H](Cc1ccccc1)[C@@H](O)C[C@H](Cc1ccccc1)NC(=O)OCc1cccnc1. The molecule has 0 bridgehead atoms. The molecule has 2 aromatic heterocycles. The molecule has 4 aromatic rings. The van der Waals surface area contributed by atoms with Crippen LogP contribution >= 0.6 is 0 Å². The number of carbonyl (C=O) groups is 3. The van der Waals surface area contributed by atoms with E-state index in [1.807, 2.05) is 92.7 Å². The normalized spacial score (nSPS) is 13.4. The first kappa shape index (κ1) is 36.5. The van der Waals surface area contributed by atoms with Crippen LogP contribution in [0, 0.1) is 5.92 Å². The van der Waals surface area contributed by atoms with Gasteiger partial charge >= 0.3 is 12.1 Å². The first-order chi connectivity index (χ1) is 23.7. The number of ether oxygens (including phenoxy) is 1. The third kappa shape index (κ3) is 12.3. The summed E-state index contributed by atoms with van der Waals surface area (Å²) in [5.74, 6) is -0.665. The molecule has 2 heterocycles. The Hall–Kier alpha value is -5.29. The van der Waals surface area contributed by atoms with Gasteiger partial charge in [0.2, 0.25) is 5.91 Å². The van der Waals surface area contributed by atoms with E-state index in [9.17, 15) is 19.5 Å². The van der Waals surface area contributed by atoms with Gasteiger partial charge in [-0.05, 0) is 54.5 Å². The van der Waals surface area contributed by atoms with Gasteiger partial charge in [0.1, 0.15) is 12.6 Å². The molecular formula is C38H46N6O5. The lowest BCUT2D eigenvalue weighted by molar-refractivity contribution is -0.125. The van der Waals surface area contributed by atoms with Crippen LogP contribution < -0.4 is 16.0 Å². The molecule has 0 radical (unpaired) electrons. The molecule has 0 saturated carbocycles. The smallest absolute Gasteiger partial charge is 0.407 e. The Morgan fingerprint density at radius 1 is 0.796 bits per heavy atom. The number of urea groups is 1. The van der Waals surface area contributed by atoms with Gasteiger partial charge in [-0.3, -0.25) is 14.8 Å². The molecule has 0 saturated heterocycles. The first-order valence-electron chi connectivity index (χ1n) is 16.5. The number of nitrogens with zero attached hydrogens (tertiary/aromatic N) is 3. The largest absolute Gasteiger partial charge is 0.445 e. The molecule has 4 amide bonds. The summed E-state index contributed by atoms with van der Waals surface area (Å²) in [6, 6.07) is 25.7. The number of aliphatic hydroxyl groups is 1. The van der Waals surface area contributed by atoms with Gasteiger partial charge in [-0.2, -0.15) is 0 Å². The second-order valence-corrected chi connectivity index (χ2v) is 12.4. The van der Waals surface area contributed by atoms with Crippen LogP contribution in [0.15, 0.2) is 110 Å². The molecule has 4 atom stereocenters. The zero-order chi connectivity index (χ0) is 35.0. The van der Waals surface area contributed by atoms with Gasteiger partial charge < -0.3 is 30.7 Å². The van der Waals surface area contributed by atoms with Crippen LogP contribution in [0.2, 0.25) is 0 Å². The van der Waals surface area contributed by atoms with Crippen molar-refractivity contribution < 1.29 is 24.2 Å². The van der Waals surface area contributed by atoms with Crippen molar-refractivity contribution in [2.45, 2.75) is 70.5 Å². The maximum atomic E-state index is 13.8. The highest BCUT2D eigenvalue weighted by Gasteiger charge is 2.31. The number of pyridine rings is 2. The minimum absolute atomic E-state index is 0.0479. The van der Waals surface area contributed by atoms with Crippen LogP contribution in [0.25, 0.3) is 0 Å². The third-order valence-electron chi connectivity index (χ3n) is 8.06. The van der Waals surface area contributed by atoms with Crippen molar-refractivity contribution in [3.05, 3.63) is 132 Å². The van der Waals surface area contributed by atoms with Crippen molar-refractivity contribution in [2.75, 3.05) is 7.05 Å². The van der Waals surface area contributed by atoms with E-state index >= 15 is 0 Å². The number of nitrogens with one attached hydrogen (secondary N) is 3. The van der Waals surface area contributed by atoms with Crippen molar-refractivity contribution in [2.24, 2.45) is 5.92 Å². The molecule has 4 rings (SSSR count). The Labute approximate surface area is 288 Å². The van der Waals surface area contributed by atoms with E-state index in [1.54, 1.807) is 37.8 Å². The van der Waals surface area contributed by atoms with E-state index < -0.39 is 42.3 Å². The van der Waals surface area contributed by atoms with Crippen LogP contribution in [0.5, 0.6) is 0 Å². The Morgan fingerprint density at radius 2 is 1.45 bits per heavy atom. The fraction of sp³-hybridized carbons (Fsp3) is 0.342. The highest BCUT2D eigenvalue weighted by molar-refractivity contribution is 5.87. The Morgan fingerprint density at radius 3 is 2.06 bits per heavy atom. The topological polar surface area (TPSA) is 146 Å². The fourth-order valence-electron chi connectivity index (χ4n) is 5.40. The quantitative estimate of drug-likeness (QED) is 0.136. The number of hydrogen-bond donors (Lipinski definition) is 4. The lowest BCUT2D eigenvalue weighted by Gasteiger charge is -2.31. The fourth-order valence-corrected chi connectivity index (χ4v) is 5.40. The standard InChI is InChI=1S/C38H46N6O5/c1-27(2)35(43-37(47)44(3)25-31-18-10-11-20-40-31)36(46)42-33(22-29-15-8-5-9-16-29)34(45)23-32(21-28-13-6-4-7-14-28)41-38(48)49-26-30-17-12-19-39-24-30/h4-20,24,27,32-35,45H,21-23,25-26H2,1-3H3,(H,41,48)(H,42,46)(H,43,47)/t32-,33-,34-,35-/m0/s1. The maximum absolute atomic E-state index is 13.8. The molecule has 49 heavy (non-hydrogen) atoms. The van der Waals surface area contributed by atoms with E-state index in [0.717, 1.165) is 22.4 Å². The van der Waals surface area contributed by atoms with Gasteiger partial charge in [0.25, 0.3) is 0 Å². The van der Waals surface area contributed by atoms with Gasteiger partial charge in [-0.15, -0.1) is 0 Å². The predicted octanol–water partition coefficient (Wildman–Crippen LogP) is 4.66. The summed E-state index contributed by atoms with van der Waals surface area (Å²) in [5.41, 5.74) is 3.35. The molecule has 11 nitrogen and oxygen atoms in total. The second kappa shape index (κ2) is 18.9. The summed E-state index contributed by atoms with van der Waals surface area (Å²) < 4.78 is 5.46. The molecule has 0 fully saturated rings. The average Bonchev–Trinajstić information content (AvgIpc) is 3.10. The van der Waals surface area contributed by atoms with Crippen molar-refractivity contribution in [3.8, 4) is 0 Å². The lowest BCUT2D eigenvalue weighted by atomic mass is 9.93. The zero-order valence-corrected chi connectivity index (χ0v) is 28.2. The summed E-state index contributed by atoms with van der Waals surface area (Å²) in [7, 11) is 1.64. The van der Waals surface area contributed by atoms with E-state index in [1.165, 1.54) is 4.90 Å². The van der Waals surface area contributed by atoms with Crippen molar-refractivity contribution in [1.82, 2.24) is 30.8 Å². The van der Waals surface area contributed by atoms with Crippen LogP contribution in [-0.4, -0.2) is 69.3 Å². The first-order valence-corrected chi connectivity index (χ1v) is 16.5. The third-order valence-corrected chi connectivity index (χ3v) is 8.06. The number of carbonyl (C=O) groups excluding carboxylic acids is 3.